The molecule has 1 unspecified atom stereocenters. The third kappa shape index (κ3) is 4.51. The van der Waals surface area contributed by atoms with Gasteiger partial charge in [-0.05, 0) is 30.5 Å². The third-order valence-corrected chi connectivity index (χ3v) is 3.64. The van der Waals surface area contributed by atoms with Crippen molar-refractivity contribution in [2.24, 2.45) is 5.73 Å². The molecule has 0 aromatic heterocycles. The molecule has 0 aliphatic rings. The fourth-order valence-electron chi connectivity index (χ4n) is 2.23. The van der Waals surface area contributed by atoms with Crippen LogP contribution in [0.15, 0.2) is 24.3 Å². The van der Waals surface area contributed by atoms with Gasteiger partial charge in [-0.15, -0.1) is 0 Å². The summed E-state index contributed by atoms with van der Waals surface area (Å²) in [4.78, 5) is 12.2. The first-order chi connectivity index (χ1) is 10.1. The first-order valence-electron chi connectivity index (χ1n) is 7.23. The summed E-state index contributed by atoms with van der Waals surface area (Å²) in [7, 11) is 1.33. The van der Waals surface area contributed by atoms with Crippen LogP contribution in [0.25, 0.3) is 0 Å². The summed E-state index contributed by atoms with van der Waals surface area (Å²) in [5.41, 5.74) is 5.50. The molecule has 0 heterocycles. The predicted octanol–water partition coefficient (Wildman–Crippen LogP) is 2.40. The van der Waals surface area contributed by atoms with E-state index in [-0.39, 0.29) is 12.4 Å². The average Bonchev–Trinajstić information content (AvgIpc) is 2.51. The van der Waals surface area contributed by atoms with Crippen molar-refractivity contribution in [3.63, 3.8) is 0 Å². The molecule has 0 saturated carbocycles. The highest BCUT2D eigenvalue weighted by molar-refractivity contribution is 5.83. The van der Waals surface area contributed by atoms with Crippen LogP contribution in [-0.2, 0) is 19.7 Å². The molecule has 5 heteroatoms. The molecule has 2 N–H and O–H groups in total. The maximum atomic E-state index is 13.1. The second-order valence-electron chi connectivity index (χ2n) is 5.00. The van der Waals surface area contributed by atoms with E-state index < -0.39 is 11.4 Å². The molecule has 0 saturated heterocycles. The number of halogens is 1. The van der Waals surface area contributed by atoms with Gasteiger partial charge < -0.3 is 15.2 Å². The fourth-order valence-corrected chi connectivity index (χ4v) is 2.23. The average molecular weight is 297 g/mol. The molecular formula is C16H24FNO3. The maximum absolute atomic E-state index is 13.1. The number of benzene rings is 1. The van der Waals surface area contributed by atoms with Crippen LogP contribution in [-0.4, -0.2) is 32.8 Å². The number of ether oxygens (including phenoxy) is 2. The van der Waals surface area contributed by atoms with Crippen molar-refractivity contribution in [2.75, 3.05) is 26.9 Å². The number of carbonyl (C=O) groups excluding carboxylic acids is 1. The van der Waals surface area contributed by atoms with Crippen LogP contribution in [0.5, 0.6) is 0 Å². The van der Waals surface area contributed by atoms with E-state index in [1.807, 2.05) is 0 Å². The van der Waals surface area contributed by atoms with Crippen LogP contribution < -0.4 is 5.73 Å². The van der Waals surface area contributed by atoms with Crippen molar-refractivity contribution in [2.45, 2.75) is 31.6 Å². The van der Waals surface area contributed by atoms with Gasteiger partial charge >= 0.3 is 5.97 Å². The summed E-state index contributed by atoms with van der Waals surface area (Å²) in [6, 6.07) is 5.79. The molecule has 0 bridgehead atoms. The van der Waals surface area contributed by atoms with Gasteiger partial charge in [0.25, 0.3) is 0 Å². The minimum absolute atomic E-state index is 0.0858. The van der Waals surface area contributed by atoms with Crippen molar-refractivity contribution < 1.29 is 18.7 Å². The van der Waals surface area contributed by atoms with Crippen molar-refractivity contribution in [3.8, 4) is 0 Å². The third-order valence-electron chi connectivity index (χ3n) is 3.64. The van der Waals surface area contributed by atoms with E-state index in [0.717, 1.165) is 12.8 Å². The Bertz CT molecular complexity index is 436. The number of carbonyl (C=O) groups is 1. The molecule has 0 aliphatic carbocycles. The Hall–Kier alpha value is -1.46. The highest BCUT2D eigenvalue weighted by atomic mass is 19.1. The predicted molar refractivity (Wildman–Crippen MR) is 79.5 cm³/mol. The lowest BCUT2D eigenvalue weighted by atomic mass is 9.77. The van der Waals surface area contributed by atoms with E-state index in [2.05, 4.69) is 6.92 Å². The molecule has 0 amide bonds. The molecule has 0 spiro atoms. The van der Waals surface area contributed by atoms with E-state index >= 15 is 0 Å². The lowest BCUT2D eigenvalue weighted by Crippen LogP contribution is -2.44. The van der Waals surface area contributed by atoms with Gasteiger partial charge in [0.2, 0.25) is 0 Å². The smallest absolute Gasteiger partial charge is 0.317 e. The number of methoxy groups -OCH3 is 1. The Balaban J connectivity index is 2.88. The number of hydrogen-bond donors (Lipinski definition) is 1. The molecule has 1 atom stereocenters. The molecular weight excluding hydrogens is 273 g/mol. The molecule has 21 heavy (non-hydrogen) atoms. The second kappa shape index (κ2) is 8.74. The zero-order valence-corrected chi connectivity index (χ0v) is 12.7. The van der Waals surface area contributed by atoms with Gasteiger partial charge in [0.15, 0.2) is 0 Å². The van der Waals surface area contributed by atoms with Crippen LogP contribution in [0.2, 0.25) is 0 Å². The van der Waals surface area contributed by atoms with Crippen LogP contribution in [0.1, 0.15) is 31.7 Å². The minimum atomic E-state index is -0.991. The maximum Gasteiger partial charge on any atom is 0.317 e. The summed E-state index contributed by atoms with van der Waals surface area (Å²) in [5, 5.41) is 0. The molecule has 1 aromatic carbocycles. The second-order valence-corrected chi connectivity index (χ2v) is 5.00. The number of unbranched alkanes of at least 4 members (excludes halogenated alkanes) is 1. The summed E-state index contributed by atoms with van der Waals surface area (Å²) in [6.07, 6.45) is 2.44. The number of esters is 1. The fraction of sp³-hybridized carbons (Fsp3) is 0.562. The quantitative estimate of drug-likeness (QED) is 0.561. The van der Waals surface area contributed by atoms with E-state index in [1.165, 1.54) is 19.2 Å². The Kier molecular flexibility index (Phi) is 7.32. The Morgan fingerprint density at radius 1 is 1.29 bits per heavy atom. The summed E-state index contributed by atoms with van der Waals surface area (Å²) >= 11 is 0. The zero-order valence-electron chi connectivity index (χ0n) is 12.7. The molecule has 0 fully saturated rings. The number of hydrogen-bond acceptors (Lipinski definition) is 4. The van der Waals surface area contributed by atoms with Crippen LogP contribution in [0.4, 0.5) is 4.39 Å². The zero-order chi connectivity index (χ0) is 15.7. The van der Waals surface area contributed by atoms with Gasteiger partial charge in [0, 0.05) is 19.8 Å². The summed E-state index contributed by atoms with van der Waals surface area (Å²) in [6.45, 7) is 3.23. The first-order valence-corrected chi connectivity index (χ1v) is 7.23. The van der Waals surface area contributed by atoms with Gasteiger partial charge in [-0.2, -0.15) is 0 Å². The molecule has 1 aromatic rings. The van der Waals surface area contributed by atoms with Gasteiger partial charge in [-0.25, -0.2) is 4.39 Å². The summed E-state index contributed by atoms with van der Waals surface area (Å²) < 4.78 is 23.5. The highest BCUT2D eigenvalue weighted by Gasteiger charge is 2.40. The van der Waals surface area contributed by atoms with Gasteiger partial charge in [0.05, 0.1) is 7.11 Å². The Morgan fingerprint density at radius 2 is 1.95 bits per heavy atom. The van der Waals surface area contributed by atoms with Gasteiger partial charge in [-0.1, -0.05) is 25.5 Å². The lowest BCUT2D eigenvalue weighted by Gasteiger charge is -2.30. The lowest BCUT2D eigenvalue weighted by molar-refractivity contribution is -0.148. The molecule has 4 nitrogen and oxygen atoms in total. The Labute approximate surface area is 125 Å². The Morgan fingerprint density at radius 3 is 2.48 bits per heavy atom. The molecule has 118 valence electrons. The van der Waals surface area contributed by atoms with Crippen LogP contribution in [0.3, 0.4) is 0 Å². The van der Waals surface area contributed by atoms with Crippen LogP contribution in [0, 0.1) is 5.82 Å². The van der Waals surface area contributed by atoms with Crippen molar-refractivity contribution in [1.29, 1.82) is 0 Å². The van der Waals surface area contributed by atoms with Crippen molar-refractivity contribution >= 4 is 5.97 Å². The largest absolute Gasteiger partial charge is 0.468 e. The number of nitrogens with two attached hydrogens (primary N) is 1. The van der Waals surface area contributed by atoms with Crippen molar-refractivity contribution in [3.05, 3.63) is 35.6 Å². The standard InChI is InChI=1S/C16H24FNO3/c1-3-4-10-21-11-9-16(12-18,15(19)20-2)13-5-7-14(17)8-6-13/h5-8H,3-4,9-12,18H2,1-2H3. The first kappa shape index (κ1) is 17.6. The molecule has 1 rings (SSSR count). The van der Waals surface area contributed by atoms with E-state index in [9.17, 15) is 9.18 Å². The van der Waals surface area contributed by atoms with E-state index in [4.69, 9.17) is 15.2 Å². The van der Waals surface area contributed by atoms with E-state index in [1.54, 1.807) is 12.1 Å². The van der Waals surface area contributed by atoms with Gasteiger partial charge in [0.1, 0.15) is 11.2 Å². The molecule has 0 aliphatic heterocycles. The normalized spacial score (nSPS) is 13.7. The van der Waals surface area contributed by atoms with Crippen LogP contribution >= 0.6 is 0 Å². The van der Waals surface area contributed by atoms with Gasteiger partial charge in [-0.3, -0.25) is 4.79 Å². The SMILES string of the molecule is CCCCOCCC(CN)(C(=O)OC)c1ccc(F)cc1. The summed E-state index contributed by atoms with van der Waals surface area (Å²) in [5.74, 6) is -0.774. The highest BCUT2D eigenvalue weighted by Crippen LogP contribution is 2.29. The molecule has 0 radical (unpaired) electrons. The monoisotopic (exact) mass is 297 g/mol. The van der Waals surface area contributed by atoms with Crippen molar-refractivity contribution in [1.82, 2.24) is 0 Å². The topological polar surface area (TPSA) is 61.5 Å². The van der Waals surface area contributed by atoms with E-state index in [0.29, 0.717) is 25.2 Å². The number of rotatable bonds is 9. The minimum Gasteiger partial charge on any atom is -0.468 e.